The van der Waals surface area contributed by atoms with Gasteiger partial charge in [-0.25, -0.2) is 9.59 Å². The molecule has 1 rings (SSSR count). The molecule has 8 heteroatoms. The molecule has 0 aromatic heterocycles. The van der Waals surface area contributed by atoms with Crippen molar-refractivity contribution in [1.29, 1.82) is 0 Å². The predicted molar refractivity (Wildman–Crippen MR) is 75.4 cm³/mol. The van der Waals surface area contributed by atoms with E-state index in [1.807, 2.05) is 0 Å². The quantitative estimate of drug-likeness (QED) is 0.706. The minimum absolute atomic E-state index is 0.0379. The van der Waals surface area contributed by atoms with Crippen LogP contribution in [0.15, 0.2) is 18.2 Å². The zero-order valence-electron chi connectivity index (χ0n) is 12.0. The molecule has 0 saturated heterocycles. The van der Waals surface area contributed by atoms with E-state index in [9.17, 15) is 19.5 Å². The van der Waals surface area contributed by atoms with Gasteiger partial charge in [-0.2, -0.15) is 0 Å². The van der Waals surface area contributed by atoms with Crippen LogP contribution in [0.3, 0.4) is 0 Å². The van der Waals surface area contributed by atoms with E-state index < -0.39 is 17.7 Å². The van der Waals surface area contributed by atoms with Gasteiger partial charge in [-0.05, 0) is 12.1 Å². The van der Waals surface area contributed by atoms with Gasteiger partial charge in [-0.3, -0.25) is 4.79 Å². The van der Waals surface area contributed by atoms with Crippen LogP contribution in [0.5, 0.6) is 5.75 Å². The molecule has 0 radical (unpaired) electrons. The maximum atomic E-state index is 11.9. The number of urea groups is 1. The highest BCUT2D eigenvalue weighted by molar-refractivity contribution is 5.98. The standard InChI is InChI=1S/C13H17N3O5/c1-15(2)10(17)7-16(3)13(21)14-9-6-4-5-8(11(9)18)12(19)20/h4-6,18H,7H2,1-3H3,(H,14,21)(H,19,20). The fraction of sp³-hybridized carbons (Fsp3) is 0.308. The number of hydrogen-bond donors (Lipinski definition) is 3. The normalized spacial score (nSPS) is 9.86. The predicted octanol–water partition coefficient (Wildman–Crippen LogP) is 0.642. The molecule has 0 saturated carbocycles. The minimum Gasteiger partial charge on any atom is -0.505 e. The molecule has 1 aromatic rings. The van der Waals surface area contributed by atoms with Crippen LogP contribution in [-0.2, 0) is 4.79 Å². The average molecular weight is 295 g/mol. The monoisotopic (exact) mass is 295 g/mol. The van der Waals surface area contributed by atoms with Gasteiger partial charge >= 0.3 is 12.0 Å². The largest absolute Gasteiger partial charge is 0.505 e. The average Bonchev–Trinajstić information content (AvgIpc) is 2.40. The highest BCUT2D eigenvalue weighted by Crippen LogP contribution is 2.27. The SMILES string of the molecule is CN(C)C(=O)CN(C)C(=O)Nc1cccc(C(=O)O)c1O. The van der Waals surface area contributed by atoms with Crippen LogP contribution < -0.4 is 5.32 Å². The number of aromatic hydroxyl groups is 1. The molecule has 3 N–H and O–H groups in total. The van der Waals surface area contributed by atoms with E-state index >= 15 is 0 Å². The first-order valence-electron chi connectivity index (χ1n) is 6.01. The summed E-state index contributed by atoms with van der Waals surface area (Å²) in [6.45, 7) is -0.141. The second-order valence-electron chi connectivity index (χ2n) is 4.58. The van der Waals surface area contributed by atoms with Crippen LogP contribution in [-0.4, -0.2) is 65.6 Å². The van der Waals surface area contributed by atoms with Crippen LogP contribution in [0.25, 0.3) is 0 Å². The lowest BCUT2D eigenvalue weighted by Crippen LogP contribution is -2.39. The van der Waals surface area contributed by atoms with Gasteiger partial charge < -0.3 is 25.3 Å². The lowest BCUT2D eigenvalue weighted by Gasteiger charge is -2.20. The van der Waals surface area contributed by atoms with Crippen molar-refractivity contribution in [2.24, 2.45) is 0 Å². The molecule has 114 valence electrons. The summed E-state index contributed by atoms with van der Waals surface area (Å²) in [4.78, 5) is 36.7. The van der Waals surface area contributed by atoms with Crippen molar-refractivity contribution in [2.75, 3.05) is 33.0 Å². The van der Waals surface area contributed by atoms with Gasteiger partial charge in [0.25, 0.3) is 0 Å². The van der Waals surface area contributed by atoms with Crippen molar-refractivity contribution in [2.45, 2.75) is 0 Å². The molecule has 0 atom stereocenters. The highest BCUT2D eigenvalue weighted by atomic mass is 16.4. The summed E-state index contributed by atoms with van der Waals surface area (Å²) in [5.41, 5.74) is -0.358. The number of aromatic carboxylic acids is 1. The number of rotatable bonds is 4. The van der Waals surface area contributed by atoms with Gasteiger partial charge in [0.05, 0.1) is 5.69 Å². The second-order valence-corrected chi connectivity index (χ2v) is 4.58. The van der Waals surface area contributed by atoms with Gasteiger partial charge in [-0.15, -0.1) is 0 Å². The third kappa shape index (κ3) is 4.10. The zero-order valence-corrected chi connectivity index (χ0v) is 12.0. The molecule has 0 aliphatic rings. The summed E-state index contributed by atoms with van der Waals surface area (Å²) in [5.74, 6) is -2.11. The van der Waals surface area contributed by atoms with E-state index in [0.717, 1.165) is 4.90 Å². The second kappa shape index (κ2) is 6.60. The summed E-state index contributed by atoms with van der Waals surface area (Å²) in [6, 6.07) is 3.33. The van der Waals surface area contributed by atoms with Crippen molar-refractivity contribution < 1.29 is 24.6 Å². The van der Waals surface area contributed by atoms with Crippen molar-refractivity contribution >= 4 is 23.6 Å². The van der Waals surface area contributed by atoms with Gasteiger partial charge in [0.1, 0.15) is 12.1 Å². The Bertz CT molecular complexity index is 571. The summed E-state index contributed by atoms with van der Waals surface area (Å²) < 4.78 is 0. The first-order chi connectivity index (χ1) is 9.73. The fourth-order valence-corrected chi connectivity index (χ4v) is 1.44. The lowest BCUT2D eigenvalue weighted by atomic mass is 10.1. The van der Waals surface area contributed by atoms with E-state index in [1.54, 1.807) is 14.1 Å². The van der Waals surface area contributed by atoms with E-state index in [4.69, 9.17) is 5.11 Å². The topological polar surface area (TPSA) is 110 Å². The Balaban J connectivity index is 2.82. The number of carbonyl (C=O) groups is 3. The summed E-state index contributed by atoms with van der Waals surface area (Å²) in [6.07, 6.45) is 0. The summed E-state index contributed by atoms with van der Waals surface area (Å²) in [5, 5.41) is 21.0. The molecule has 0 unspecified atom stereocenters. The Morgan fingerprint density at radius 3 is 2.33 bits per heavy atom. The summed E-state index contributed by atoms with van der Waals surface area (Å²) in [7, 11) is 4.54. The number of para-hydroxylation sites is 1. The number of likely N-dealkylation sites (N-methyl/N-ethyl adjacent to an activating group) is 2. The Morgan fingerprint density at radius 2 is 1.81 bits per heavy atom. The lowest BCUT2D eigenvalue weighted by molar-refractivity contribution is -0.129. The van der Waals surface area contributed by atoms with Crippen molar-refractivity contribution in [1.82, 2.24) is 9.80 Å². The number of carboxylic acid groups (broad SMARTS) is 1. The molecule has 3 amide bonds. The molecule has 0 heterocycles. The van der Waals surface area contributed by atoms with Crippen LogP contribution in [0.4, 0.5) is 10.5 Å². The number of nitrogens with zero attached hydrogens (tertiary/aromatic N) is 2. The number of nitrogens with one attached hydrogen (secondary N) is 1. The Kier molecular flexibility index (Phi) is 5.12. The summed E-state index contributed by atoms with van der Waals surface area (Å²) >= 11 is 0. The smallest absolute Gasteiger partial charge is 0.339 e. The van der Waals surface area contributed by atoms with Crippen molar-refractivity contribution in [3.63, 3.8) is 0 Å². The first kappa shape index (κ1) is 16.3. The van der Waals surface area contributed by atoms with Gasteiger partial charge in [0.15, 0.2) is 5.75 Å². The van der Waals surface area contributed by atoms with E-state index in [1.165, 1.54) is 30.1 Å². The van der Waals surface area contributed by atoms with Crippen LogP contribution >= 0.6 is 0 Å². The highest BCUT2D eigenvalue weighted by Gasteiger charge is 2.18. The third-order valence-electron chi connectivity index (χ3n) is 2.73. The van der Waals surface area contributed by atoms with Gasteiger partial charge in [0.2, 0.25) is 5.91 Å². The van der Waals surface area contributed by atoms with Gasteiger partial charge in [-0.1, -0.05) is 6.07 Å². The number of benzene rings is 1. The molecule has 0 spiro atoms. The van der Waals surface area contributed by atoms with Crippen molar-refractivity contribution in [3.8, 4) is 5.75 Å². The Hall–Kier alpha value is -2.77. The number of hydrogen-bond acceptors (Lipinski definition) is 4. The number of phenols is 1. The molecular formula is C13H17N3O5. The number of amides is 3. The number of carbonyl (C=O) groups excluding carboxylic acids is 2. The molecule has 0 fully saturated rings. The minimum atomic E-state index is -1.31. The van der Waals surface area contributed by atoms with Gasteiger partial charge in [0, 0.05) is 21.1 Å². The Labute approximate surface area is 121 Å². The molecule has 21 heavy (non-hydrogen) atoms. The van der Waals surface area contributed by atoms with E-state index in [0.29, 0.717) is 0 Å². The molecule has 0 bridgehead atoms. The number of carboxylic acids is 1. The van der Waals surface area contributed by atoms with Crippen LogP contribution in [0.1, 0.15) is 10.4 Å². The van der Waals surface area contributed by atoms with Crippen LogP contribution in [0.2, 0.25) is 0 Å². The molecule has 8 nitrogen and oxygen atoms in total. The van der Waals surface area contributed by atoms with Crippen molar-refractivity contribution in [3.05, 3.63) is 23.8 Å². The maximum absolute atomic E-state index is 11.9. The maximum Gasteiger partial charge on any atom is 0.339 e. The molecular weight excluding hydrogens is 278 g/mol. The Morgan fingerprint density at radius 1 is 1.19 bits per heavy atom. The number of anilines is 1. The zero-order chi connectivity index (χ0) is 16.2. The fourth-order valence-electron chi connectivity index (χ4n) is 1.44. The first-order valence-corrected chi connectivity index (χ1v) is 6.01. The third-order valence-corrected chi connectivity index (χ3v) is 2.73. The molecule has 1 aromatic carbocycles. The van der Waals surface area contributed by atoms with Crippen LogP contribution in [0, 0.1) is 0 Å². The molecule has 0 aliphatic heterocycles. The van der Waals surface area contributed by atoms with E-state index in [-0.39, 0.29) is 23.7 Å². The van der Waals surface area contributed by atoms with E-state index in [2.05, 4.69) is 5.32 Å². The molecule has 0 aliphatic carbocycles.